The summed E-state index contributed by atoms with van der Waals surface area (Å²) in [6.07, 6.45) is 1.43. The van der Waals surface area contributed by atoms with Gasteiger partial charge in [-0.3, -0.25) is 15.0 Å². The highest BCUT2D eigenvalue weighted by atomic mass is 35.5. The molecule has 3 rings (SSSR count). The van der Waals surface area contributed by atoms with Gasteiger partial charge in [-0.05, 0) is 35.4 Å². The molecule has 0 aliphatic rings. The fourth-order valence-corrected chi connectivity index (χ4v) is 2.26. The molecule has 0 fully saturated rings. The van der Waals surface area contributed by atoms with Crippen LogP contribution in [0.4, 0.5) is 0 Å². The number of carbonyl (C=O) groups excluding carboxylic acids is 1. The Kier molecular flexibility index (Phi) is 3.56. The molecule has 3 aromatic rings. The van der Waals surface area contributed by atoms with Gasteiger partial charge in [0.25, 0.3) is 5.91 Å². The van der Waals surface area contributed by atoms with E-state index in [1.165, 1.54) is 6.20 Å². The largest absolute Gasteiger partial charge is 0.288 e. The molecule has 0 atom stereocenters. The van der Waals surface area contributed by atoms with Crippen molar-refractivity contribution in [2.75, 3.05) is 0 Å². The first kappa shape index (κ1) is 13.5. The van der Waals surface area contributed by atoms with Crippen molar-refractivity contribution in [1.82, 2.24) is 10.5 Å². The van der Waals surface area contributed by atoms with Crippen LogP contribution in [0.2, 0.25) is 5.02 Å². The first-order valence-corrected chi connectivity index (χ1v) is 6.65. The molecule has 0 saturated heterocycles. The minimum Gasteiger partial charge on any atom is -0.288 e. The van der Waals surface area contributed by atoms with E-state index in [9.17, 15) is 4.79 Å². The van der Waals surface area contributed by atoms with Gasteiger partial charge in [0.1, 0.15) is 0 Å². The maximum atomic E-state index is 11.4. The van der Waals surface area contributed by atoms with Crippen molar-refractivity contribution in [3.05, 3.63) is 65.3 Å². The molecule has 1 amide bonds. The molecule has 0 bridgehead atoms. The van der Waals surface area contributed by atoms with Gasteiger partial charge in [-0.1, -0.05) is 35.9 Å². The topological polar surface area (TPSA) is 62.2 Å². The molecule has 2 N–H and O–H groups in total. The highest BCUT2D eigenvalue weighted by Gasteiger charge is 2.07. The van der Waals surface area contributed by atoms with Crippen LogP contribution in [0.1, 0.15) is 10.4 Å². The highest BCUT2D eigenvalue weighted by Crippen LogP contribution is 2.25. The summed E-state index contributed by atoms with van der Waals surface area (Å²) >= 11 is 5.88. The van der Waals surface area contributed by atoms with Crippen molar-refractivity contribution in [3.63, 3.8) is 0 Å². The van der Waals surface area contributed by atoms with Gasteiger partial charge in [0.15, 0.2) is 0 Å². The fourth-order valence-electron chi connectivity index (χ4n) is 2.13. The fraction of sp³-hybridized carbons (Fsp3) is 0. The van der Waals surface area contributed by atoms with Crippen LogP contribution in [0.5, 0.6) is 0 Å². The summed E-state index contributed by atoms with van der Waals surface area (Å²) in [6.45, 7) is 0. The van der Waals surface area contributed by atoms with Crippen LogP contribution in [0, 0.1) is 0 Å². The zero-order valence-electron chi connectivity index (χ0n) is 10.9. The van der Waals surface area contributed by atoms with Gasteiger partial charge in [0.2, 0.25) is 0 Å². The van der Waals surface area contributed by atoms with Crippen LogP contribution in [-0.4, -0.2) is 16.1 Å². The maximum Gasteiger partial charge on any atom is 0.276 e. The normalized spacial score (nSPS) is 10.6. The average Bonchev–Trinajstić information content (AvgIpc) is 2.54. The first-order chi connectivity index (χ1) is 10.2. The van der Waals surface area contributed by atoms with Gasteiger partial charge >= 0.3 is 0 Å². The van der Waals surface area contributed by atoms with Crippen LogP contribution >= 0.6 is 11.6 Å². The molecule has 0 saturated carbocycles. The van der Waals surface area contributed by atoms with E-state index in [-0.39, 0.29) is 0 Å². The Hall–Kier alpha value is -2.43. The zero-order valence-corrected chi connectivity index (χ0v) is 11.6. The zero-order chi connectivity index (χ0) is 14.8. The lowest BCUT2D eigenvalue weighted by Gasteiger charge is -2.05. The van der Waals surface area contributed by atoms with Gasteiger partial charge in [0, 0.05) is 16.6 Å². The van der Waals surface area contributed by atoms with Crippen molar-refractivity contribution < 1.29 is 10.0 Å². The second-order valence-corrected chi connectivity index (χ2v) is 5.02. The molecule has 4 nitrogen and oxygen atoms in total. The molecular formula is C16H11ClN2O2. The molecular weight excluding hydrogens is 288 g/mol. The third kappa shape index (κ3) is 2.72. The van der Waals surface area contributed by atoms with Gasteiger partial charge < -0.3 is 0 Å². The summed E-state index contributed by atoms with van der Waals surface area (Å²) in [5.41, 5.74) is 4.74. The highest BCUT2D eigenvalue weighted by molar-refractivity contribution is 6.30. The predicted octanol–water partition coefficient (Wildman–Crippen LogP) is 3.67. The Bertz CT molecular complexity index is 816. The third-order valence-corrected chi connectivity index (χ3v) is 3.48. The van der Waals surface area contributed by atoms with E-state index in [1.807, 2.05) is 42.5 Å². The second-order valence-electron chi connectivity index (χ2n) is 4.58. The van der Waals surface area contributed by atoms with Gasteiger partial charge in [-0.2, -0.15) is 0 Å². The number of benzene rings is 2. The molecule has 2 aromatic carbocycles. The Morgan fingerprint density at radius 1 is 1.05 bits per heavy atom. The number of aromatic nitrogens is 1. The SMILES string of the molecule is O=C(NO)c1cnc2cc(-c3ccc(Cl)cc3)ccc2c1. The lowest BCUT2D eigenvalue weighted by Crippen LogP contribution is -2.18. The number of rotatable bonds is 2. The lowest BCUT2D eigenvalue weighted by atomic mass is 10.0. The molecule has 0 radical (unpaired) electrons. The van der Waals surface area contributed by atoms with Gasteiger partial charge in [0.05, 0.1) is 11.1 Å². The lowest BCUT2D eigenvalue weighted by molar-refractivity contribution is 0.0706. The smallest absolute Gasteiger partial charge is 0.276 e. The molecule has 5 heteroatoms. The Labute approximate surface area is 126 Å². The number of nitrogens with zero attached hydrogens (tertiary/aromatic N) is 1. The number of hydrogen-bond acceptors (Lipinski definition) is 3. The standard InChI is InChI=1S/C16H11ClN2O2/c17-14-5-3-10(4-6-14)11-1-2-12-7-13(16(20)19-21)9-18-15(12)8-11/h1-9,21H,(H,19,20). The van der Waals surface area contributed by atoms with Crippen molar-refractivity contribution in [3.8, 4) is 11.1 Å². The molecule has 1 heterocycles. The molecule has 0 aliphatic heterocycles. The van der Waals surface area contributed by atoms with Crippen molar-refractivity contribution >= 4 is 28.4 Å². The van der Waals surface area contributed by atoms with Crippen LogP contribution < -0.4 is 5.48 Å². The van der Waals surface area contributed by atoms with E-state index in [0.29, 0.717) is 10.6 Å². The van der Waals surface area contributed by atoms with E-state index in [0.717, 1.165) is 22.0 Å². The Balaban J connectivity index is 2.05. The monoisotopic (exact) mass is 298 g/mol. The van der Waals surface area contributed by atoms with Crippen molar-refractivity contribution in [1.29, 1.82) is 0 Å². The van der Waals surface area contributed by atoms with E-state index in [2.05, 4.69) is 4.98 Å². The summed E-state index contributed by atoms with van der Waals surface area (Å²) in [5, 5.41) is 10.2. The number of nitrogens with one attached hydrogen (secondary N) is 1. The number of hydroxylamine groups is 1. The quantitative estimate of drug-likeness (QED) is 0.560. The molecule has 0 aliphatic carbocycles. The Morgan fingerprint density at radius 3 is 2.48 bits per heavy atom. The molecule has 0 spiro atoms. The van der Waals surface area contributed by atoms with Crippen LogP contribution in [0.3, 0.4) is 0 Å². The third-order valence-electron chi connectivity index (χ3n) is 3.23. The van der Waals surface area contributed by atoms with E-state index >= 15 is 0 Å². The molecule has 1 aromatic heterocycles. The average molecular weight is 299 g/mol. The molecule has 21 heavy (non-hydrogen) atoms. The van der Waals surface area contributed by atoms with Gasteiger partial charge in [-0.25, -0.2) is 5.48 Å². The Morgan fingerprint density at radius 2 is 1.76 bits per heavy atom. The number of pyridine rings is 1. The molecule has 104 valence electrons. The second kappa shape index (κ2) is 5.52. The maximum absolute atomic E-state index is 11.4. The number of halogens is 1. The first-order valence-electron chi connectivity index (χ1n) is 6.27. The summed E-state index contributed by atoms with van der Waals surface area (Å²) in [6, 6.07) is 15.0. The van der Waals surface area contributed by atoms with E-state index in [4.69, 9.17) is 16.8 Å². The summed E-state index contributed by atoms with van der Waals surface area (Å²) < 4.78 is 0. The van der Waals surface area contributed by atoms with E-state index in [1.54, 1.807) is 11.5 Å². The van der Waals surface area contributed by atoms with Crippen LogP contribution in [-0.2, 0) is 0 Å². The minimum absolute atomic E-state index is 0.309. The van der Waals surface area contributed by atoms with Crippen molar-refractivity contribution in [2.45, 2.75) is 0 Å². The van der Waals surface area contributed by atoms with Crippen LogP contribution in [0.25, 0.3) is 22.0 Å². The summed E-state index contributed by atoms with van der Waals surface area (Å²) in [7, 11) is 0. The van der Waals surface area contributed by atoms with Gasteiger partial charge in [-0.15, -0.1) is 0 Å². The van der Waals surface area contributed by atoms with E-state index < -0.39 is 5.91 Å². The summed E-state index contributed by atoms with van der Waals surface area (Å²) in [5.74, 6) is -0.578. The molecule has 0 unspecified atom stereocenters. The number of amides is 1. The minimum atomic E-state index is -0.578. The number of hydrogen-bond donors (Lipinski definition) is 2. The number of carbonyl (C=O) groups is 1. The number of fused-ring (bicyclic) bond motifs is 1. The predicted molar refractivity (Wildman–Crippen MR) is 81.4 cm³/mol. The summed E-state index contributed by atoms with van der Waals surface area (Å²) in [4.78, 5) is 15.6. The van der Waals surface area contributed by atoms with Crippen molar-refractivity contribution in [2.24, 2.45) is 0 Å². The van der Waals surface area contributed by atoms with Crippen LogP contribution in [0.15, 0.2) is 54.7 Å².